The van der Waals surface area contributed by atoms with Crippen LogP contribution in [0.15, 0.2) is 71.5 Å². The van der Waals surface area contributed by atoms with Gasteiger partial charge in [-0.3, -0.25) is 9.59 Å². The van der Waals surface area contributed by atoms with Crippen LogP contribution in [-0.4, -0.2) is 15.7 Å². The molecule has 0 unspecified atom stereocenters. The summed E-state index contributed by atoms with van der Waals surface area (Å²) < 4.78 is 1.32. The minimum Gasteiger partial charge on any atom is -0.352 e. The maximum Gasteiger partial charge on any atom is 0.266 e. The topological polar surface area (TPSA) is 64.0 Å². The van der Waals surface area contributed by atoms with Crippen molar-refractivity contribution in [3.63, 3.8) is 0 Å². The molecular weight excluding hydrogens is 350 g/mol. The average molecular weight is 368 g/mol. The first kappa shape index (κ1) is 17.9. The summed E-state index contributed by atoms with van der Waals surface area (Å²) in [6.45, 7) is 0.568. The molecule has 3 rings (SSSR count). The summed E-state index contributed by atoms with van der Waals surface area (Å²) in [4.78, 5) is 24.1. The van der Waals surface area contributed by atoms with Gasteiger partial charge in [0.25, 0.3) is 5.56 Å². The molecule has 0 saturated heterocycles. The molecule has 1 heterocycles. The van der Waals surface area contributed by atoms with Crippen LogP contribution in [0.4, 0.5) is 0 Å². The van der Waals surface area contributed by atoms with Crippen LogP contribution in [0, 0.1) is 0 Å². The van der Waals surface area contributed by atoms with Gasteiger partial charge in [-0.1, -0.05) is 60.1 Å². The lowest BCUT2D eigenvalue weighted by molar-refractivity contribution is -0.121. The zero-order valence-electron chi connectivity index (χ0n) is 14.1. The number of nitrogens with one attached hydrogen (secondary N) is 1. The van der Waals surface area contributed by atoms with Crippen molar-refractivity contribution in [1.29, 1.82) is 0 Å². The first-order valence-electron chi connectivity index (χ1n) is 8.27. The van der Waals surface area contributed by atoms with E-state index in [4.69, 9.17) is 11.6 Å². The number of benzene rings is 2. The molecule has 0 atom stereocenters. The van der Waals surface area contributed by atoms with Crippen LogP contribution >= 0.6 is 11.6 Å². The fourth-order valence-corrected chi connectivity index (χ4v) is 2.71. The minimum atomic E-state index is -0.233. The maximum absolute atomic E-state index is 12.1. The minimum absolute atomic E-state index is 0.162. The summed E-state index contributed by atoms with van der Waals surface area (Å²) in [5, 5.41) is 7.77. The van der Waals surface area contributed by atoms with E-state index in [0.717, 1.165) is 11.1 Å². The number of hydrogen-bond acceptors (Lipinski definition) is 3. The molecule has 1 N–H and O–H groups in total. The van der Waals surface area contributed by atoms with Gasteiger partial charge in [0.05, 0.1) is 12.2 Å². The van der Waals surface area contributed by atoms with Crippen molar-refractivity contribution >= 4 is 17.5 Å². The second-order valence-electron chi connectivity index (χ2n) is 5.76. The molecule has 0 fully saturated rings. The summed E-state index contributed by atoms with van der Waals surface area (Å²) in [6.07, 6.45) is 0.162. The predicted octanol–water partition coefficient (Wildman–Crippen LogP) is 3.27. The zero-order valence-corrected chi connectivity index (χ0v) is 14.8. The molecule has 6 heteroatoms. The Hall–Kier alpha value is -2.92. The van der Waals surface area contributed by atoms with Crippen LogP contribution in [0.2, 0.25) is 5.02 Å². The van der Waals surface area contributed by atoms with Crippen LogP contribution in [-0.2, 0) is 17.9 Å². The van der Waals surface area contributed by atoms with Crippen molar-refractivity contribution in [3.8, 4) is 11.3 Å². The van der Waals surface area contributed by atoms with E-state index in [0.29, 0.717) is 17.3 Å². The lowest BCUT2D eigenvalue weighted by Gasteiger charge is -2.09. The molecule has 2 aromatic carbocycles. The number of carbonyl (C=O) groups is 1. The van der Waals surface area contributed by atoms with Gasteiger partial charge in [0.1, 0.15) is 0 Å². The lowest BCUT2D eigenvalue weighted by atomic mass is 10.1. The third-order valence-corrected chi connectivity index (χ3v) is 4.29. The number of carbonyl (C=O) groups excluding carboxylic acids is 1. The fourth-order valence-electron chi connectivity index (χ4n) is 2.50. The molecule has 0 radical (unpaired) electrons. The highest BCUT2D eigenvalue weighted by molar-refractivity contribution is 6.31. The van der Waals surface area contributed by atoms with E-state index in [1.807, 2.05) is 48.5 Å². The Labute approximate surface area is 156 Å². The zero-order chi connectivity index (χ0) is 18.4. The van der Waals surface area contributed by atoms with Crippen molar-refractivity contribution in [1.82, 2.24) is 15.1 Å². The average Bonchev–Trinajstić information content (AvgIpc) is 2.67. The Morgan fingerprint density at radius 1 is 1.00 bits per heavy atom. The quantitative estimate of drug-likeness (QED) is 0.727. The summed E-state index contributed by atoms with van der Waals surface area (Å²) in [5.74, 6) is -0.163. The summed E-state index contributed by atoms with van der Waals surface area (Å²) >= 11 is 6.07. The van der Waals surface area contributed by atoms with Crippen molar-refractivity contribution in [3.05, 3.63) is 87.7 Å². The molecule has 0 saturated carbocycles. The second kappa shape index (κ2) is 8.45. The summed E-state index contributed by atoms with van der Waals surface area (Å²) in [6, 6.07) is 20.1. The Bertz CT molecular complexity index is 955. The Balaban J connectivity index is 1.61. The molecular formula is C20H18ClN3O2. The van der Waals surface area contributed by atoms with Crippen molar-refractivity contribution < 1.29 is 4.79 Å². The van der Waals surface area contributed by atoms with E-state index >= 15 is 0 Å². The monoisotopic (exact) mass is 367 g/mol. The normalized spacial score (nSPS) is 10.5. The molecule has 26 heavy (non-hydrogen) atoms. The number of halogens is 1. The molecule has 0 bridgehead atoms. The van der Waals surface area contributed by atoms with Gasteiger partial charge in [-0.2, -0.15) is 5.10 Å². The van der Waals surface area contributed by atoms with E-state index in [1.165, 1.54) is 10.7 Å². The van der Waals surface area contributed by atoms with E-state index in [2.05, 4.69) is 10.4 Å². The fraction of sp³-hybridized carbons (Fsp3) is 0.150. The maximum atomic E-state index is 12.1. The standard InChI is InChI=1S/C20H18ClN3O2/c21-17-9-5-4-8-16(17)14-22-19(25)12-13-24-20(26)11-10-18(23-24)15-6-2-1-3-7-15/h1-11H,12-14H2,(H,22,25). The van der Waals surface area contributed by atoms with Gasteiger partial charge < -0.3 is 5.32 Å². The van der Waals surface area contributed by atoms with E-state index in [1.54, 1.807) is 12.1 Å². The SMILES string of the molecule is O=C(CCn1nc(-c2ccccc2)ccc1=O)NCc1ccccc1Cl. The smallest absolute Gasteiger partial charge is 0.266 e. The molecule has 1 amide bonds. The number of nitrogens with zero attached hydrogens (tertiary/aromatic N) is 2. The van der Waals surface area contributed by atoms with Gasteiger partial charge in [0.2, 0.25) is 5.91 Å². The van der Waals surface area contributed by atoms with Crippen LogP contribution in [0.3, 0.4) is 0 Å². The number of rotatable bonds is 6. The van der Waals surface area contributed by atoms with Crippen molar-refractivity contribution in [2.45, 2.75) is 19.5 Å². The van der Waals surface area contributed by atoms with Gasteiger partial charge in [0.15, 0.2) is 0 Å². The number of aromatic nitrogens is 2. The third-order valence-electron chi connectivity index (χ3n) is 3.92. The summed E-state index contributed by atoms with van der Waals surface area (Å²) in [5.41, 5.74) is 2.23. The second-order valence-corrected chi connectivity index (χ2v) is 6.17. The van der Waals surface area contributed by atoms with Gasteiger partial charge in [0, 0.05) is 29.6 Å². The van der Waals surface area contributed by atoms with Crippen LogP contribution in [0.1, 0.15) is 12.0 Å². The van der Waals surface area contributed by atoms with Gasteiger partial charge in [-0.25, -0.2) is 4.68 Å². The first-order chi connectivity index (χ1) is 12.6. The van der Waals surface area contributed by atoms with Crippen molar-refractivity contribution in [2.24, 2.45) is 0 Å². The highest BCUT2D eigenvalue weighted by Crippen LogP contribution is 2.15. The highest BCUT2D eigenvalue weighted by Gasteiger charge is 2.07. The molecule has 5 nitrogen and oxygen atoms in total. The number of hydrogen-bond donors (Lipinski definition) is 1. The Kier molecular flexibility index (Phi) is 5.81. The predicted molar refractivity (Wildman–Crippen MR) is 102 cm³/mol. The summed E-state index contributed by atoms with van der Waals surface area (Å²) in [7, 11) is 0. The number of amides is 1. The largest absolute Gasteiger partial charge is 0.352 e. The number of aryl methyl sites for hydroxylation is 1. The lowest BCUT2D eigenvalue weighted by Crippen LogP contribution is -2.28. The van der Waals surface area contributed by atoms with Crippen molar-refractivity contribution in [2.75, 3.05) is 0 Å². The van der Waals surface area contributed by atoms with Gasteiger partial charge in [-0.05, 0) is 17.7 Å². The van der Waals surface area contributed by atoms with Crippen LogP contribution in [0.5, 0.6) is 0 Å². The third kappa shape index (κ3) is 4.58. The molecule has 0 aliphatic heterocycles. The highest BCUT2D eigenvalue weighted by atomic mass is 35.5. The van der Waals surface area contributed by atoms with Crippen LogP contribution in [0.25, 0.3) is 11.3 Å². The molecule has 3 aromatic rings. The molecule has 0 aliphatic carbocycles. The van der Waals surface area contributed by atoms with Crippen LogP contribution < -0.4 is 10.9 Å². The molecule has 132 valence electrons. The van der Waals surface area contributed by atoms with E-state index in [9.17, 15) is 9.59 Å². The van der Waals surface area contributed by atoms with Gasteiger partial charge in [-0.15, -0.1) is 0 Å². The Morgan fingerprint density at radius 3 is 2.50 bits per heavy atom. The van der Waals surface area contributed by atoms with E-state index in [-0.39, 0.29) is 24.4 Å². The van der Waals surface area contributed by atoms with E-state index < -0.39 is 0 Å². The molecule has 0 aliphatic rings. The van der Waals surface area contributed by atoms with Gasteiger partial charge >= 0.3 is 0 Å². The molecule has 0 spiro atoms. The first-order valence-corrected chi connectivity index (χ1v) is 8.65. The Morgan fingerprint density at radius 2 is 1.73 bits per heavy atom. The molecule has 1 aromatic heterocycles.